The molecular formula is C13H10BrN3O. The minimum absolute atomic E-state index is 0.556. The molecule has 0 saturated heterocycles. The van der Waals surface area contributed by atoms with E-state index in [1.807, 2.05) is 37.3 Å². The van der Waals surface area contributed by atoms with Crippen molar-refractivity contribution in [2.75, 3.05) is 0 Å². The molecule has 0 fully saturated rings. The third kappa shape index (κ3) is 2.09. The van der Waals surface area contributed by atoms with Gasteiger partial charge in [-0.15, -0.1) is 0 Å². The lowest BCUT2D eigenvalue weighted by molar-refractivity contribution is 0.465. The van der Waals surface area contributed by atoms with Gasteiger partial charge < -0.3 is 4.74 Å². The molecular weight excluding hydrogens is 294 g/mol. The Labute approximate surface area is 112 Å². The van der Waals surface area contributed by atoms with Gasteiger partial charge in [-0.3, -0.25) is 0 Å². The Bertz CT molecular complexity index is 691. The summed E-state index contributed by atoms with van der Waals surface area (Å²) in [6, 6.07) is 9.58. The maximum Gasteiger partial charge on any atom is 0.245 e. The lowest BCUT2D eigenvalue weighted by atomic mass is 10.3. The van der Waals surface area contributed by atoms with Gasteiger partial charge in [0.15, 0.2) is 0 Å². The number of benzene rings is 1. The molecule has 0 saturated carbocycles. The van der Waals surface area contributed by atoms with E-state index in [1.54, 1.807) is 16.9 Å². The zero-order valence-electron chi connectivity index (χ0n) is 9.67. The van der Waals surface area contributed by atoms with Gasteiger partial charge in [-0.25, -0.2) is 9.50 Å². The monoisotopic (exact) mass is 303 g/mol. The second-order valence-corrected chi connectivity index (χ2v) is 4.82. The number of hydrogen-bond donors (Lipinski definition) is 0. The van der Waals surface area contributed by atoms with Crippen LogP contribution >= 0.6 is 15.9 Å². The first-order valence-electron chi connectivity index (χ1n) is 5.47. The summed E-state index contributed by atoms with van der Waals surface area (Å²) < 4.78 is 8.54. The van der Waals surface area contributed by atoms with Gasteiger partial charge in [0, 0.05) is 16.9 Å². The molecule has 5 heteroatoms. The van der Waals surface area contributed by atoms with E-state index in [9.17, 15) is 0 Å². The molecule has 0 aliphatic rings. The van der Waals surface area contributed by atoms with Gasteiger partial charge in [-0.2, -0.15) is 5.10 Å². The molecule has 18 heavy (non-hydrogen) atoms. The zero-order chi connectivity index (χ0) is 12.5. The van der Waals surface area contributed by atoms with E-state index in [1.165, 1.54) is 0 Å². The van der Waals surface area contributed by atoms with Crippen LogP contribution in [0.2, 0.25) is 0 Å². The first-order valence-corrected chi connectivity index (χ1v) is 6.26. The number of halogens is 1. The summed E-state index contributed by atoms with van der Waals surface area (Å²) in [6.07, 6.45) is 3.48. The van der Waals surface area contributed by atoms with Crippen LogP contribution in [0, 0.1) is 6.92 Å². The Morgan fingerprint density at radius 3 is 2.78 bits per heavy atom. The maximum absolute atomic E-state index is 5.77. The van der Waals surface area contributed by atoms with Crippen LogP contribution in [0.5, 0.6) is 11.6 Å². The van der Waals surface area contributed by atoms with Gasteiger partial charge in [0.05, 0.1) is 5.69 Å². The van der Waals surface area contributed by atoms with Crippen molar-refractivity contribution >= 4 is 21.4 Å². The van der Waals surface area contributed by atoms with Gasteiger partial charge in [-0.1, -0.05) is 15.9 Å². The minimum atomic E-state index is 0.556. The third-order valence-electron chi connectivity index (χ3n) is 2.50. The number of aryl methyl sites for hydroxylation is 1. The second kappa shape index (κ2) is 4.42. The van der Waals surface area contributed by atoms with E-state index < -0.39 is 0 Å². The largest absolute Gasteiger partial charge is 0.437 e. The molecule has 3 aromatic rings. The first kappa shape index (κ1) is 11.2. The lowest BCUT2D eigenvalue weighted by Crippen LogP contribution is -1.93. The summed E-state index contributed by atoms with van der Waals surface area (Å²) in [7, 11) is 0. The van der Waals surface area contributed by atoms with Crippen LogP contribution < -0.4 is 4.74 Å². The molecule has 0 aliphatic heterocycles. The summed E-state index contributed by atoms with van der Waals surface area (Å²) in [5.74, 6) is 1.30. The van der Waals surface area contributed by atoms with Gasteiger partial charge >= 0.3 is 0 Å². The average Bonchev–Trinajstić information content (AvgIpc) is 2.73. The molecule has 2 heterocycles. The van der Waals surface area contributed by atoms with Crippen molar-refractivity contribution in [2.45, 2.75) is 6.92 Å². The van der Waals surface area contributed by atoms with Gasteiger partial charge in [0.1, 0.15) is 11.3 Å². The van der Waals surface area contributed by atoms with Crippen molar-refractivity contribution in [3.8, 4) is 11.6 Å². The SMILES string of the molecule is Cc1cc2c(Oc3ccc(Br)cc3)nccn2n1. The minimum Gasteiger partial charge on any atom is -0.437 e. The van der Waals surface area contributed by atoms with Crippen LogP contribution in [-0.2, 0) is 0 Å². The molecule has 0 unspecified atom stereocenters. The summed E-state index contributed by atoms with van der Waals surface area (Å²) in [5, 5.41) is 4.32. The van der Waals surface area contributed by atoms with Crippen molar-refractivity contribution in [2.24, 2.45) is 0 Å². The summed E-state index contributed by atoms with van der Waals surface area (Å²) in [6.45, 7) is 1.94. The fourth-order valence-electron chi connectivity index (χ4n) is 1.71. The normalized spacial score (nSPS) is 10.8. The van der Waals surface area contributed by atoms with Gasteiger partial charge in [0.2, 0.25) is 5.88 Å². The van der Waals surface area contributed by atoms with Crippen LogP contribution in [0.15, 0.2) is 47.2 Å². The topological polar surface area (TPSA) is 39.4 Å². The zero-order valence-corrected chi connectivity index (χ0v) is 11.3. The highest BCUT2D eigenvalue weighted by molar-refractivity contribution is 9.10. The fourth-order valence-corrected chi connectivity index (χ4v) is 1.98. The van der Waals surface area contributed by atoms with Crippen LogP contribution in [0.3, 0.4) is 0 Å². The summed E-state index contributed by atoms with van der Waals surface area (Å²) in [5.41, 5.74) is 1.79. The predicted octanol–water partition coefficient (Wildman–Crippen LogP) is 3.59. The Hall–Kier alpha value is -1.88. The lowest BCUT2D eigenvalue weighted by Gasteiger charge is -2.05. The van der Waals surface area contributed by atoms with Crippen LogP contribution in [-0.4, -0.2) is 14.6 Å². The number of nitrogens with zero attached hydrogens (tertiary/aromatic N) is 3. The standard InChI is InChI=1S/C13H10BrN3O/c1-9-8-12-13(15-6-7-17(12)16-9)18-11-4-2-10(14)3-5-11/h2-8H,1H3. The third-order valence-corrected chi connectivity index (χ3v) is 3.03. The number of ether oxygens (including phenoxy) is 1. The highest BCUT2D eigenvalue weighted by Gasteiger charge is 2.07. The highest BCUT2D eigenvalue weighted by atomic mass is 79.9. The van der Waals surface area contributed by atoms with Crippen molar-refractivity contribution in [3.63, 3.8) is 0 Å². The van der Waals surface area contributed by atoms with Crippen molar-refractivity contribution in [1.82, 2.24) is 14.6 Å². The Morgan fingerprint density at radius 2 is 2.00 bits per heavy atom. The highest BCUT2D eigenvalue weighted by Crippen LogP contribution is 2.25. The molecule has 0 amide bonds. The van der Waals surface area contributed by atoms with Crippen LogP contribution in [0.1, 0.15) is 5.69 Å². The van der Waals surface area contributed by atoms with Gasteiger partial charge in [0.25, 0.3) is 0 Å². The van der Waals surface area contributed by atoms with E-state index in [2.05, 4.69) is 26.0 Å². The smallest absolute Gasteiger partial charge is 0.245 e. The summed E-state index contributed by atoms with van der Waals surface area (Å²) >= 11 is 3.39. The average molecular weight is 304 g/mol. The Morgan fingerprint density at radius 1 is 1.22 bits per heavy atom. The molecule has 1 aromatic carbocycles. The second-order valence-electron chi connectivity index (χ2n) is 3.90. The van der Waals surface area contributed by atoms with Crippen LogP contribution in [0.4, 0.5) is 0 Å². The van der Waals surface area contributed by atoms with E-state index in [0.717, 1.165) is 21.4 Å². The molecule has 0 spiro atoms. The molecule has 3 rings (SSSR count). The van der Waals surface area contributed by atoms with E-state index in [-0.39, 0.29) is 0 Å². The quantitative estimate of drug-likeness (QED) is 0.726. The van der Waals surface area contributed by atoms with E-state index in [4.69, 9.17) is 4.74 Å². The molecule has 0 N–H and O–H groups in total. The van der Waals surface area contributed by atoms with Crippen molar-refractivity contribution < 1.29 is 4.74 Å². The first-order chi connectivity index (χ1) is 8.72. The summed E-state index contributed by atoms with van der Waals surface area (Å²) in [4.78, 5) is 4.24. The molecule has 0 radical (unpaired) electrons. The molecule has 0 bridgehead atoms. The molecule has 0 atom stereocenters. The van der Waals surface area contributed by atoms with Crippen LogP contribution in [0.25, 0.3) is 5.52 Å². The number of hydrogen-bond acceptors (Lipinski definition) is 3. The number of fused-ring (bicyclic) bond motifs is 1. The van der Waals surface area contributed by atoms with E-state index in [0.29, 0.717) is 5.88 Å². The van der Waals surface area contributed by atoms with Crippen molar-refractivity contribution in [3.05, 3.63) is 52.9 Å². The van der Waals surface area contributed by atoms with Gasteiger partial charge in [-0.05, 0) is 37.3 Å². The predicted molar refractivity (Wildman–Crippen MR) is 71.9 cm³/mol. The number of aromatic nitrogens is 3. The van der Waals surface area contributed by atoms with Crippen molar-refractivity contribution in [1.29, 1.82) is 0 Å². The molecule has 4 nitrogen and oxygen atoms in total. The molecule has 2 aromatic heterocycles. The Kier molecular flexibility index (Phi) is 2.76. The van der Waals surface area contributed by atoms with E-state index >= 15 is 0 Å². The molecule has 0 aliphatic carbocycles. The maximum atomic E-state index is 5.77. The Balaban J connectivity index is 2.01. The fraction of sp³-hybridized carbons (Fsp3) is 0.0769. The number of rotatable bonds is 2. The molecule has 90 valence electrons.